The zero-order chi connectivity index (χ0) is 11.8. The molecule has 0 saturated carbocycles. The van der Waals surface area contributed by atoms with Crippen LogP contribution in [0.5, 0.6) is 5.75 Å². The lowest BCUT2D eigenvalue weighted by atomic mass is 9.99. The summed E-state index contributed by atoms with van der Waals surface area (Å²) >= 11 is 0. The van der Waals surface area contributed by atoms with Crippen LogP contribution in [0.2, 0.25) is 0 Å². The highest BCUT2D eigenvalue weighted by Crippen LogP contribution is 2.29. The predicted molar refractivity (Wildman–Crippen MR) is 65.8 cm³/mol. The third-order valence-corrected chi connectivity index (χ3v) is 3.03. The van der Waals surface area contributed by atoms with E-state index < -0.39 is 0 Å². The molecule has 0 amide bonds. The van der Waals surface area contributed by atoms with Gasteiger partial charge in [-0.05, 0) is 29.7 Å². The minimum atomic E-state index is 0.103. The van der Waals surface area contributed by atoms with E-state index in [1.807, 2.05) is 25.5 Å². The number of fused-ring (bicyclic) bond motifs is 1. The summed E-state index contributed by atoms with van der Waals surface area (Å²) in [6, 6.07) is 6.33. The summed E-state index contributed by atoms with van der Waals surface area (Å²) in [5, 5.41) is 4.18. The lowest BCUT2D eigenvalue weighted by molar-refractivity contribution is 0.263. The lowest BCUT2D eigenvalue weighted by Crippen LogP contribution is -2.33. The third-order valence-electron chi connectivity index (χ3n) is 3.03. The van der Waals surface area contributed by atoms with Crippen molar-refractivity contribution in [2.24, 2.45) is 12.8 Å². The fourth-order valence-corrected chi connectivity index (χ4v) is 2.17. The Morgan fingerprint density at radius 1 is 1.41 bits per heavy atom. The molecule has 1 atom stereocenters. The van der Waals surface area contributed by atoms with E-state index in [-0.39, 0.29) is 6.04 Å². The van der Waals surface area contributed by atoms with E-state index in [0.29, 0.717) is 6.61 Å². The van der Waals surface area contributed by atoms with E-state index in [9.17, 15) is 0 Å². The summed E-state index contributed by atoms with van der Waals surface area (Å²) in [5.41, 5.74) is 9.37. The summed E-state index contributed by atoms with van der Waals surface area (Å²) in [6.45, 7) is 0.610. The molecular weight excluding hydrogens is 214 g/mol. The fourth-order valence-electron chi connectivity index (χ4n) is 2.17. The number of ether oxygens (including phenoxy) is 1. The Labute approximate surface area is 100 Å². The first-order valence-electron chi connectivity index (χ1n) is 5.73. The second-order valence-corrected chi connectivity index (χ2v) is 4.50. The maximum absolute atomic E-state index is 5.90. The van der Waals surface area contributed by atoms with Gasteiger partial charge < -0.3 is 10.5 Å². The SMILES string of the molecule is Cn1cc(-c2ccc3c(c2)C[C@@H](N)CO3)cn1. The Morgan fingerprint density at radius 3 is 3.06 bits per heavy atom. The van der Waals surface area contributed by atoms with Crippen LogP contribution in [-0.2, 0) is 13.5 Å². The smallest absolute Gasteiger partial charge is 0.122 e. The van der Waals surface area contributed by atoms with E-state index in [4.69, 9.17) is 10.5 Å². The first-order valence-corrected chi connectivity index (χ1v) is 5.73. The van der Waals surface area contributed by atoms with Crippen LogP contribution in [0.4, 0.5) is 0 Å². The lowest BCUT2D eigenvalue weighted by Gasteiger charge is -2.22. The van der Waals surface area contributed by atoms with Gasteiger partial charge in [-0.3, -0.25) is 4.68 Å². The molecule has 2 aromatic rings. The molecule has 4 nitrogen and oxygen atoms in total. The van der Waals surface area contributed by atoms with Crippen molar-refractivity contribution in [2.75, 3.05) is 6.61 Å². The van der Waals surface area contributed by atoms with Crippen LogP contribution >= 0.6 is 0 Å². The second kappa shape index (κ2) is 3.89. The van der Waals surface area contributed by atoms with Crippen molar-refractivity contribution in [1.82, 2.24) is 9.78 Å². The number of hydrogen-bond acceptors (Lipinski definition) is 3. The quantitative estimate of drug-likeness (QED) is 0.803. The molecule has 3 rings (SSSR count). The fraction of sp³-hybridized carbons (Fsp3) is 0.308. The Bertz CT molecular complexity index is 547. The van der Waals surface area contributed by atoms with Crippen molar-refractivity contribution in [3.05, 3.63) is 36.2 Å². The molecule has 88 valence electrons. The van der Waals surface area contributed by atoms with E-state index in [1.165, 1.54) is 5.56 Å². The first kappa shape index (κ1) is 10.4. The summed E-state index contributed by atoms with van der Waals surface area (Å²) in [6.07, 6.45) is 4.75. The van der Waals surface area contributed by atoms with Crippen molar-refractivity contribution in [2.45, 2.75) is 12.5 Å². The largest absolute Gasteiger partial charge is 0.492 e. The minimum Gasteiger partial charge on any atom is -0.492 e. The molecule has 17 heavy (non-hydrogen) atoms. The van der Waals surface area contributed by atoms with Gasteiger partial charge in [0.05, 0.1) is 6.20 Å². The van der Waals surface area contributed by atoms with Crippen LogP contribution in [-0.4, -0.2) is 22.4 Å². The summed E-state index contributed by atoms with van der Waals surface area (Å²) in [7, 11) is 1.92. The maximum Gasteiger partial charge on any atom is 0.122 e. The van der Waals surface area contributed by atoms with Crippen LogP contribution in [0.25, 0.3) is 11.1 Å². The van der Waals surface area contributed by atoms with Gasteiger partial charge in [-0.25, -0.2) is 0 Å². The Kier molecular flexibility index (Phi) is 2.37. The average molecular weight is 229 g/mol. The van der Waals surface area contributed by atoms with Crippen molar-refractivity contribution < 1.29 is 4.74 Å². The second-order valence-electron chi connectivity index (χ2n) is 4.50. The molecule has 1 aliphatic rings. The van der Waals surface area contributed by atoms with Crippen molar-refractivity contribution >= 4 is 0 Å². The van der Waals surface area contributed by atoms with Crippen molar-refractivity contribution in [3.63, 3.8) is 0 Å². The Morgan fingerprint density at radius 2 is 2.29 bits per heavy atom. The highest BCUT2D eigenvalue weighted by molar-refractivity contribution is 5.64. The maximum atomic E-state index is 5.90. The number of nitrogens with two attached hydrogens (primary N) is 1. The molecule has 4 heteroatoms. The third kappa shape index (κ3) is 1.91. The molecule has 1 aliphatic heterocycles. The van der Waals surface area contributed by atoms with Gasteiger partial charge in [-0.1, -0.05) is 6.07 Å². The van der Waals surface area contributed by atoms with Crippen LogP contribution < -0.4 is 10.5 Å². The standard InChI is InChI=1S/C13H15N3O/c1-16-7-11(6-15-16)9-2-3-13-10(4-9)5-12(14)8-17-13/h2-4,6-7,12H,5,8,14H2,1H3/t12-/m1/s1. The Balaban J connectivity index is 2.00. The molecule has 1 aromatic heterocycles. The summed E-state index contributed by atoms with van der Waals surface area (Å²) in [5.74, 6) is 0.958. The number of rotatable bonds is 1. The zero-order valence-electron chi connectivity index (χ0n) is 9.76. The zero-order valence-corrected chi connectivity index (χ0v) is 9.76. The molecular formula is C13H15N3O. The minimum absolute atomic E-state index is 0.103. The van der Waals surface area contributed by atoms with Gasteiger partial charge in [0.15, 0.2) is 0 Å². The number of aryl methyl sites for hydroxylation is 1. The van der Waals surface area contributed by atoms with Crippen molar-refractivity contribution in [3.8, 4) is 16.9 Å². The highest BCUT2D eigenvalue weighted by atomic mass is 16.5. The van der Waals surface area contributed by atoms with Crippen LogP contribution in [0.15, 0.2) is 30.6 Å². The summed E-state index contributed by atoms with van der Waals surface area (Å²) in [4.78, 5) is 0. The normalized spacial score (nSPS) is 18.6. The van der Waals surface area contributed by atoms with Gasteiger partial charge in [0.25, 0.3) is 0 Å². The monoisotopic (exact) mass is 229 g/mol. The van der Waals surface area contributed by atoms with Gasteiger partial charge in [-0.15, -0.1) is 0 Å². The van der Waals surface area contributed by atoms with E-state index in [1.54, 1.807) is 4.68 Å². The number of benzene rings is 1. The molecule has 0 fully saturated rings. The van der Waals surface area contributed by atoms with Crippen LogP contribution in [0, 0.1) is 0 Å². The number of nitrogens with zero attached hydrogens (tertiary/aromatic N) is 2. The predicted octanol–water partition coefficient (Wildman–Crippen LogP) is 1.35. The molecule has 0 saturated heterocycles. The highest BCUT2D eigenvalue weighted by Gasteiger charge is 2.17. The van der Waals surface area contributed by atoms with Gasteiger partial charge in [0.2, 0.25) is 0 Å². The molecule has 0 bridgehead atoms. The molecule has 2 heterocycles. The average Bonchev–Trinajstić information content (AvgIpc) is 2.75. The van der Waals surface area contributed by atoms with E-state index >= 15 is 0 Å². The van der Waals surface area contributed by atoms with E-state index in [0.717, 1.165) is 23.3 Å². The molecule has 0 unspecified atom stereocenters. The van der Waals surface area contributed by atoms with Gasteiger partial charge in [0, 0.05) is 24.8 Å². The van der Waals surface area contributed by atoms with Gasteiger partial charge >= 0.3 is 0 Å². The number of aromatic nitrogens is 2. The molecule has 1 aromatic carbocycles. The summed E-state index contributed by atoms with van der Waals surface area (Å²) < 4.78 is 7.39. The first-order chi connectivity index (χ1) is 8.22. The Hall–Kier alpha value is -1.81. The van der Waals surface area contributed by atoms with Gasteiger partial charge in [-0.2, -0.15) is 5.10 Å². The van der Waals surface area contributed by atoms with E-state index in [2.05, 4.69) is 17.2 Å². The molecule has 0 spiro atoms. The molecule has 0 aliphatic carbocycles. The molecule has 2 N–H and O–H groups in total. The van der Waals surface area contributed by atoms with Crippen LogP contribution in [0.1, 0.15) is 5.56 Å². The topological polar surface area (TPSA) is 53.1 Å². The van der Waals surface area contributed by atoms with Crippen molar-refractivity contribution in [1.29, 1.82) is 0 Å². The number of hydrogen-bond donors (Lipinski definition) is 1. The van der Waals surface area contributed by atoms with Gasteiger partial charge in [0.1, 0.15) is 12.4 Å². The van der Waals surface area contributed by atoms with Crippen LogP contribution in [0.3, 0.4) is 0 Å². The molecule has 0 radical (unpaired) electrons.